The average Bonchev–Trinajstić information content (AvgIpc) is 3.55. The smallest absolute Gasteiger partial charge is 0.325 e. The van der Waals surface area contributed by atoms with Crippen LogP contribution in [0.25, 0.3) is 11.2 Å². The molecule has 9 heteroatoms. The summed E-state index contributed by atoms with van der Waals surface area (Å²) in [6, 6.07) is 8.91. The minimum Gasteiger partial charge on any atom is -0.340 e. The Bertz CT molecular complexity index is 1290. The SMILES string of the molecule is Cc1ccc(NC(=O)Nc2ncc(Cc3nc4ncccc4[nH]3)s2)c(C(=O)C2CCCC2)c1. The number of benzene rings is 1. The van der Waals surface area contributed by atoms with Crippen LogP contribution in [0, 0.1) is 12.8 Å². The molecule has 5 rings (SSSR count). The van der Waals surface area contributed by atoms with Gasteiger partial charge < -0.3 is 10.3 Å². The number of hydrogen-bond acceptors (Lipinski definition) is 6. The quantitative estimate of drug-likeness (QED) is 0.337. The van der Waals surface area contributed by atoms with E-state index in [9.17, 15) is 9.59 Å². The van der Waals surface area contributed by atoms with Crippen LogP contribution in [0.3, 0.4) is 0 Å². The molecule has 0 spiro atoms. The van der Waals surface area contributed by atoms with Gasteiger partial charge in [0.25, 0.3) is 0 Å². The maximum atomic E-state index is 13.0. The van der Waals surface area contributed by atoms with Crippen LogP contribution in [0.5, 0.6) is 0 Å². The number of aromatic amines is 1. The van der Waals surface area contributed by atoms with Crippen molar-refractivity contribution in [1.29, 1.82) is 0 Å². The summed E-state index contributed by atoms with van der Waals surface area (Å²) >= 11 is 1.38. The standard InChI is InChI=1S/C24H24N6O2S/c1-14-8-9-18(17(11-14)21(31)15-5-2-3-6-15)28-23(32)30-24-26-13-16(33-24)12-20-27-19-7-4-10-25-22(19)29-20/h4,7-11,13,15H,2-3,5-6,12H2,1H3,(H,25,27,29)(H2,26,28,30,32). The van der Waals surface area contributed by atoms with Gasteiger partial charge in [0.05, 0.1) is 11.2 Å². The lowest BCUT2D eigenvalue weighted by molar-refractivity contribution is 0.0923. The highest BCUT2D eigenvalue weighted by atomic mass is 32.1. The summed E-state index contributed by atoms with van der Waals surface area (Å²) in [6.07, 6.45) is 8.01. The molecular formula is C24H24N6O2S. The van der Waals surface area contributed by atoms with Gasteiger partial charge in [-0.2, -0.15) is 0 Å². The largest absolute Gasteiger partial charge is 0.340 e. The number of nitrogens with one attached hydrogen (secondary N) is 3. The fourth-order valence-corrected chi connectivity index (χ4v) is 5.03. The molecular weight excluding hydrogens is 436 g/mol. The van der Waals surface area contributed by atoms with Crippen LogP contribution in [-0.2, 0) is 6.42 Å². The Kier molecular flexibility index (Phi) is 5.87. The third-order valence-electron chi connectivity index (χ3n) is 5.84. The Morgan fingerprint density at radius 1 is 1.15 bits per heavy atom. The number of Topliss-reactive ketones (excluding diaryl/α,β-unsaturated/α-hetero) is 1. The number of fused-ring (bicyclic) bond motifs is 1. The van der Waals surface area contributed by atoms with Crippen LogP contribution in [0.2, 0.25) is 0 Å². The van der Waals surface area contributed by atoms with Gasteiger partial charge in [0.2, 0.25) is 0 Å². The molecule has 3 N–H and O–H groups in total. The van der Waals surface area contributed by atoms with Crippen molar-refractivity contribution in [2.75, 3.05) is 10.6 Å². The summed E-state index contributed by atoms with van der Waals surface area (Å²) in [6.45, 7) is 1.95. The number of hydrogen-bond donors (Lipinski definition) is 3. The molecule has 8 nitrogen and oxygen atoms in total. The lowest BCUT2D eigenvalue weighted by atomic mass is 9.94. The highest BCUT2D eigenvalue weighted by Gasteiger charge is 2.26. The predicted octanol–water partition coefficient (Wildman–Crippen LogP) is 5.33. The summed E-state index contributed by atoms with van der Waals surface area (Å²) in [5.74, 6) is 0.951. The molecule has 168 valence electrons. The Morgan fingerprint density at radius 2 is 2.00 bits per heavy atom. The molecule has 0 atom stereocenters. The van der Waals surface area contributed by atoms with Crippen LogP contribution in [0.4, 0.5) is 15.6 Å². The number of urea groups is 1. The van der Waals surface area contributed by atoms with Crippen LogP contribution < -0.4 is 10.6 Å². The second-order valence-electron chi connectivity index (χ2n) is 8.34. The van der Waals surface area contributed by atoms with Gasteiger partial charge in [0, 0.05) is 35.2 Å². The van der Waals surface area contributed by atoms with Crippen molar-refractivity contribution in [3.05, 3.63) is 64.6 Å². The summed E-state index contributed by atoms with van der Waals surface area (Å²) in [7, 11) is 0. The van der Waals surface area contributed by atoms with Gasteiger partial charge in [0.1, 0.15) is 5.82 Å². The Hall–Kier alpha value is -3.59. The molecule has 3 aromatic heterocycles. The van der Waals surface area contributed by atoms with Gasteiger partial charge in [-0.05, 0) is 44.0 Å². The van der Waals surface area contributed by atoms with E-state index in [0.717, 1.165) is 47.5 Å². The first-order valence-corrected chi connectivity index (χ1v) is 11.8. The molecule has 1 fully saturated rings. The number of imidazole rings is 1. The molecule has 0 unspecified atom stereocenters. The number of nitrogens with zero attached hydrogens (tertiary/aromatic N) is 3. The number of carbonyl (C=O) groups excluding carboxylic acids is 2. The summed E-state index contributed by atoms with van der Waals surface area (Å²) in [5.41, 5.74) is 3.66. The molecule has 1 aliphatic rings. The van der Waals surface area contributed by atoms with Gasteiger partial charge in [-0.3, -0.25) is 10.1 Å². The van der Waals surface area contributed by atoms with Crippen molar-refractivity contribution in [2.24, 2.45) is 5.92 Å². The zero-order valence-electron chi connectivity index (χ0n) is 18.2. The Morgan fingerprint density at radius 3 is 2.82 bits per heavy atom. The molecule has 1 saturated carbocycles. The van der Waals surface area contributed by atoms with Crippen LogP contribution in [-0.4, -0.2) is 31.8 Å². The van der Waals surface area contributed by atoms with E-state index in [1.807, 2.05) is 31.2 Å². The highest BCUT2D eigenvalue weighted by molar-refractivity contribution is 7.15. The average molecular weight is 461 g/mol. The third-order valence-corrected chi connectivity index (χ3v) is 6.75. The van der Waals surface area contributed by atoms with E-state index in [1.54, 1.807) is 18.5 Å². The molecule has 1 aliphatic carbocycles. The van der Waals surface area contributed by atoms with E-state index < -0.39 is 6.03 Å². The lowest BCUT2D eigenvalue weighted by Crippen LogP contribution is -2.22. The second-order valence-corrected chi connectivity index (χ2v) is 9.46. The third kappa shape index (κ3) is 4.78. The number of aryl methyl sites for hydroxylation is 1. The predicted molar refractivity (Wildman–Crippen MR) is 129 cm³/mol. The first-order chi connectivity index (χ1) is 16.0. The normalized spacial score (nSPS) is 14.0. The van der Waals surface area contributed by atoms with Crippen LogP contribution >= 0.6 is 11.3 Å². The molecule has 1 aromatic carbocycles. The molecule has 0 bridgehead atoms. The first kappa shape index (κ1) is 21.3. The van der Waals surface area contributed by atoms with Gasteiger partial charge in [0.15, 0.2) is 16.6 Å². The van der Waals surface area contributed by atoms with Gasteiger partial charge in [-0.15, -0.1) is 11.3 Å². The van der Waals surface area contributed by atoms with Crippen molar-refractivity contribution in [3.8, 4) is 0 Å². The van der Waals surface area contributed by atoms with Gasteiger partial charge in [-0.25, -0.2) is 19.7 Å². The summed E-state index contributed by atoms with van der Waals surface area (Å²) in [5, 5.41) is 6.09. The van der Waals surface area contributed by atoms with E-state index in [0.29, 0.717) is 28.5 Å². The molecule has 2 amide bonds. The molecule has 4 aromatic rings. The number of ketones is 1. The first-order valence-electron chi connectivity index (χ1n) is 11.0. The maximum Gasteiger partial charge on any atom is 0.325 e. The van der Waals surface area contributed by atoms with Crippen LogP contribution in [0.15, 0.2) is 42.7 Å². The Labute approximate surface area is 194 Å². The van der Waals surface area contributed by atoms with Gasteiger partial charge >= 0.3 is 6.03 Å². The van der Waals surface area contributed by atoms with Gasteiger partial charge in [-0.1, -0.05) is 24.5 Å². The van der Waals surface area contributed by atoms with Crippen molar-refractivity contribution in [3.63, 3.8) is 0 Å². The van der Waals surface area contributed by atoms with E-state index in [-0.39, 0.29) is 11.7 Å². The topological polar surface area (TPSA) is 113 Å². The number of anilines is 2. The highest BCUT2D eigenvalue weighted by Crippen LogP contribution is 2.31. The number of rotatable bonds is 6. The van der Waals surface area contributed by atoms with E-state index in [1.165, 1.54) is 11.3 Å². The zero-order valence-corrected chi connectivity index (χ0v) is 19.0. The number of carbonyl (C=O) groups is 2. The van der Waals surface area contributed by atoms with Crippen molar-refractivity contribution in [1.82, 2.24) is 19.9 Å². The fraction of sp³-hybridized carbons (Fsp3) is 0.292. The maximum absolute atomic E-state index is 13.0. The van der Waals surface area contributed by atoms with E-state index >= 15 is 0 Å². The zero-order chi connectivity index (χ0) is 22.8. The molecule has 0 saturated heterocycles. The molecule has 0 radical (unpaired) electrons. The van der Waals surface area contributed by atoms with E-state index in [4.69, 9.17) is 0 Å². The second kappa shape index (κ2) is 9.11. The molecule has 3 heterocycles. The Balaban J connectivity index is 1.25. The lowest BCUT2D eigenvalue weighted by Gasteiger charge is -2.14. The van der Waals surface area contributed by atoms with Crippen molar-refractivity contribution in [2.45, 2.75) is 39.0 Å². The van der Waals surface area contributed by atoms with Crippen molar-refractivity contribution >= 4 is 45.1 Å². The summed E-state index contributed by atoms with van der Waals surface area (Å²) in [4.78, 5) is 42.9. The molecule has 0 aliphatic heterocycles. The number of amides is 2. The van der Waals surface area contributed by atoms with Crippen molar-refractivity contribution < 1.29 is 9.59 Å². The molecule has 33 heavy (non-hydrogen) atoms. The minimum atomic E-state index is -0.423. The van der Waals surface area contributed by atoms with E-state index in [2.05, 4.69) is 30.6 Å². The van der Waals surface area contributed by atoms with Crippen LogP contribution in [0.1, 0.15) is 52.3 Å². The number of pyridine rings is 1. The monoisotopic (exact) mass is 460 g/mol. The minimum absolute atomic E-state index is 0.0466. The fourth-order valence-electron chi connectivity index (χ4n) is 4.22. The number of aromatic nitrogens is 4. The number of thiazole rings is 1. The number of H-pyrrole nitrogens is 1. The summed E-state index contributed by atoms with van der Waals surface area (Å²) < 4.78 is 0.